The summed E-state index contributed by atoms with van der Waals surface area (Å²) in [5, 5.41) is 18.4. The molecule has 1 aromatic rings. The normalized spacial score (nSPS) is 26.4. The molecular weight excluding hydrogens is 268 g/mol. The Hall–Kier alpha value is -0.905. The monoisotopic (exact) mass is 291 g/mol. The van der Waals surface area contributed by atoms with E-state index in [-0.39, 0.29) is 5.46 Å². The number of fused-ring (bicyclic) bond motifs is 1. The standard InChI is InChI=1S/C16H23BFNO2/c18-16-6-5-12(9-15(16)17(20)21)10-19-8-7-13-3-1-2-4-14(13)11-19/h5-6,9,13-14,20-21H,1-4,7-8,10-11H2. The van der Waals surface area contributed by atoms with E-state index in [1.807, 2.05) is 0 Å². The minimum absolute atomic E-state index is 0.0277. The largest absolute Gasteiger partial charge is 0.491 e. The van der Waals surface area contributed by atoms with Crippen LogP contribution in [0.2, 0.25) is 0 Å². The second-order valence-corrected chi connectivity index (χ2v) is 6.56. The topological polar surface area (TPSA) is 43.7 Å². The van der Waals surface area contributed by atoms with Crippen LogP contribution in [0.3, 0.4) is 0 Å². The Morgan fingerprint density at radius 1 is 1.14 bits per heavy atom. The fourth-order valence-electron chi connectivity index (χ4n) is 3.97. The number of halogens is 1. The van der Waals surface area contributed by atoms with E-state index in [4.69, 9.17) is 0 Å². The summed E-state index contributed by atoms with van der Waals surface area (Å²) in [4.78, 5) is 2.42. The number of nitrogens with zero attached hydrogens (tertiary/aromatic N) is 1. The number of rotatable bonds is 3. The molecule has 2 atom stereocenters. The van der Waals surface area contributed by atoms with E-state index in [0.717, 1.165) is 37.0 Å². The zero-order valence-electron chi connectivity index (χ0n) is 12.3. The van der Waals surface area contributed by atoms with Crippen molar-refractivity contribution in [2.24, 2.45) is 11.8 Å². The number of benzene rings is 1. The van der Waals surface area contributed by atoms with Crippen LogP contribution in [0.4, 0.5) is 4.39 Å². The van der Waals surface area contributed by atoms with Gasteiger partial charge in [0.25, 0.3) is 0 Å². The van der Waals surface area contributed by atoms with Gasteiger partial charge in [0.2, 0.25) is 0 Å². The minimum Gasteiger partial charge on any atom is -0.423 e. The number of hydrogen-bond acceptors (Lipinski definition) is 3. The van der Waals surface area contributed by atoms with Crippen LogP contribution in [-0.2, 0) is 6.54 Å². The summed E-state index contributed by atoms with van der Waals surface area (Å²) in [5.41, 5.74) is 0.925. The quantitative estimate of drug-likeness (QED) is 0.830. The molecule has 2 aliphatic rings. The van der Waals surface area contributed by atoms with Crippen molar-refractivity contribution >= 4 is 12.6 Å². The molecule has 114 valence electrons. The van der Waals surface area contributed by atoms with Crippen molar-refractivity contribution in [3.63, 3.8) is 0 Å². The van der Waals surface area contributed by atoms with E-state index in [1.165, 1.54) is 38.2 Å². The number of likely N-dealkylation sites (tertiary alicyclic amines) is 1. The predicted octanol–water partition coefficient (Wildman–Crippen LogP) is 1.52. The highest BCUT2D eigenvalue weighted by atomic mass is 19.1. The molecule has 0 bridgehead atoms. The molecule has 3 nitrogen and oxygen atoms in total. The Morgan fingerprint density at radius 3 is 2.67 bits per heavy atom. The van der Waals surface area contributed by atoms with Gasteiger partial charge in [0.05, 0.1) is 0 Å². The summed E-state index contributed by atoms with van der Waals surface area (Å²) in [6.07, 6.45) is 6.73. The Bertz CT molecular complexity index is 497. The molecule has 1 saturated heterocycles. The van der Waals surface area contributed by atoms with Crippen molar-refractivity contribution in [1.29, 1.82) is 0 Å². The molecule has 2 unspecified atom stereocenters. The van der Waals surface area contributed by atoms with Crippen LogP contribution in [0, 0.1) is 17.7 Å². The third kappa shape index (κ3) is 3.47. The van der Waals surface area contributed by atoms with Crippen LogP contribution in [0.15, 0.2) is 18.2 Å². The van der Waals surface area contributed by atoms with Crippen molar-refractivity contribution < 1.29 is 14.4 Å². The molecule has 1 aliphatic carbocycles. The van der Waals surface area contributed by atoms with Crippen LogP contribution in [-0.4, -0.2) is 35.2 Å². The first kappa shape index (κ1) is 15.0. The van der Waals surface area contributed by atoms with Crippen LogP contribution < -0.4 is 5.46 Å². The fourth-order valence-corrected chi connectivity index (χ4v) is 3.97. The van der Waals surface area contributed by atoms with Crippen molar-refractivity contribution in [3.8, 4) is 0 Å². The van der Waals surface area contributed by atoms with Gasteiger partial charge < -0.3 is 10.0 Å². The highest BCUT2D eigenvalue weighted by molar-refractivity contribution is 6.58. The molecule has 1 saturated carbocycles. The second kappa shape index (κ2) is 6.47. The summed E-state index contributed by atoms with van der Waals surface area (Å²) in [6.45, 7) is 2.98. The maximum absolute atomic E-state index is 13.5. The highest BCUT2D eigenvalue weighted by Crippen LogP contribution is 2.36. The first-order valence-electron chi connectivity index (χ1n) is 8.00. The van der Waals surface area contributed by atoms with E-state index in [9.17, 15) is 14.4 Å². The van der Waals surface area contributed by atoms with Crippen LogP contribution >= 0.6 is 0 Å². The zero-order chi connectivity index (χ0) is 14.8. The van der Waals surface area contributed by atoms with Gasteiger partial charge in [-0.25, -0.2) is 4.39 Å². The third-order valence-electron chi connectivity index (χ3n) is 5.12. The fraction of sp³-hybridized carbons (Fsp3) is 0.625. The van der Waals surface area contributed by atoms with E-state index in [1.54, 1.807) is 12.1 Å². The Morgan fingerprint density at radius 2 is 1.90 bits per heavy atom. The van der Waals surface area contributed by atoms with Gasteiger partial charge in [-0.05, 0) is 42.9 Å². The lowest BCUT2D eigenvalue weighted by Gasteiger charge is -2.41. The van der Waals surface area contributed by atoms with Gasteiger partial charge >= 0.3 is 7.12 Å². The summed E-state index contributed by atoms with van der Waals surface area (Å²) in [5.74, 6) is 1.16. The van der Waals surface area contributed by atoms with E-state index in [2.05, 4.69) is 4.90 Å². The maximum Gasteiger partial charge on any atom is 0.491 e. The van der Waals surface area contributed by atoms with Gasteiger partial charge in [-0.3, -0.25) is 4.90 Å². The van der Waals surface area contributed by atoms with Crippen molar-refractivity contribution in [1.82, 2.24) is 4.90 Å². The van der Waals surface area contributed by atoms with Crippen LogP contribution in [0.25, 0.3) is 0 Å². The van der Waals surface area contributed by atoms with Crippen molar-refractivity contribution in [3.05, 3.63) is 29.6 Å². The van der Waals surface area contributed by atoms with Crippen molar-refractivity contribution in [2.75, 3.05) is 13.1 Å². The average molecular weight is 291 g/mol. The lowest BCUT2D eigenvalue weighted by molar-refractivity contribution is 0.0820. The van der Waals surface area contributed by atoms with E-state index >= 15 is 0 Å². The molecule has 0 radical (unpaired) electrons. The molecule has 0 amide bonds. The van der Waals surface area contributed by atoms with Gasteiger partial charge in [-0.1, -0.05) is 31.4 Å². The average Bonchev–Trinajstić information content (AvgIpc) is 2.49. The summed E-state index contributed by atoms with van der Waals surface area (Å²) in [6, 6.07) is 4.65. The Kier molecular flexibility index (Phi) is 4.62. The minimum atomic E-state index is -1.74. The Balaban J connectivity index is 1.65. The van der Waals surface area contributed by atoms with E-state index in [0.29, 0.717) is 0 Å². The molecule has 1 aromatic carbocycles. The SMILES string of the molecule is OB(O)c1cc(CN2CCC3CCCCC3C2)ccc1F. The first-order chi connectivity index (χ1) is 10.1. The smallest absolute Gasteiger partial charge is 0.423 e. The van der Waals surface area contributed by atoms with Gasteiger partial charge in [-0.15, -0.1) is 0 Å². The summed E-state index contributed by atoms with van der Waals surface area (Å²) < 4.78 is 13.5. The molecule has 1 aliphatic heterocycles. The molecule has 0 aromatic heterocycles. The molecule has 2 fully saturated rings. The van der Waals surface area contributed by atoms with Gasteiger partial charge in [0, 0.05) is 18.6 Å². The van der Waals surface area contributed by atoms with Gasteiger partial charge in [0.1, 0.15) is 5.82 Å². The molecular formula is C16H23BFNO2. The molecule has 21 heavy (non-hydrogen) atoms. The lowest BCUT2D eigenvalue weighted by atomic mass is 9.75. The predicted molar refractivity (Wildman–Crippen MR) is 81.6 cm³/mol. The van der Waals surface area contributed by atoms with Gasteiger partial charge in [0.15, 0.2) is 0 Å². The first-order valence-corrected chi connectivity index (χ1v) is 8.00. The molecule has 2 N–H and O–H groups in total. The number of piperidine rings is 1. The molecule has 0 spiro atoms. The maximum atomic E-state index is 13.5. The zero-order valence-corrected chi connectivity index (χ0v) is 12.3. The van der Waals surface area contributed by atoms with Crippen molar-refractivity contribution in [2.45, 2.75) is 38.6 Å². The molecule has 3 rings (SSSR count). The molecule has 5 heteroatoms. The highest BCUT2D eigenvalue weighted by Gasteiger charge is 2.31. The summed E-state index contributed by atoms with van der Waals surface area (Å²) >= 11 is 0. The molecule has 1 heterocycles. The number of hydrogen-bond donors (Lipinski definition) is 2. The summed E-state index contributed by atoms with van der Waals surface area (Å²) in [7, 11) is -1.74. The van der Waals surface area contributed by atoms with Gasteiger partial charge in [-0.2, -0.15) is 0 Å². The van der Waals surface area contributed by atoms with Crippen LogP contribution in [0.5, 0.6) is 0 Å². The van der Waals surface area contributed by atoms with E-state index < -0.39 is 12.9 Å². The van der Waals surface area contributed by atoms with Crippen LogP contribution in [0.1, 0.15) is 37.7 Å². The lowest BCUT2D eigenvalue weighted by Crippen LogP contribution is -2.41. The third-order valence-corrected chi connectivity index (χ3v) is 5.12. The Labute approximate surface area is 125 Å². The second-order valence-electron chi connectivity index (χ2n) is 6.56.